The molecule has 7 nitrogen and oxygen atoms in total. The Morgan fingerprint density at radius 1 is 1.10 bits per heavy atom. The van der Waals surface area contributed by atoms with Gasteiger partial charge in [-0.2, -0.15) is 0 Å². The maximum absolute atomic E-state index is 14.1. The number of aromatic amines is 1. The number of aromatic nitrogens is 1. The quantitative estimate of drug-likeness (QED) is 0.345. The Bertz CT molecular complexity index is 1490. The van der Waals surface area contributed by atoms with E-state index in [0.29, 0.717) is 18.5 Å². The number of para-hydroxylation sites is 1. The maximum atomic E-state index is 14.1. The molecule has 1 aliphatic carbocycles. The molecular weight excluding hydrogens is 500 g/mol. The normalized spacial score (nSPS) is 21.2. The van der Waals surface area contributed by atoms with E-state index in [2.05, 4.69) is 27.8 Å². The van der Waals surface area contributed by atoms with Crippen molar-refractivity contribution in [3.63, 3.8) is 0 Å². The van der Waals surface area contributed by atoms with Crippen molar-refractivity contribution < 1.29 is 14.4 Å². The molecule has 0 spiro atoms. The van der Waals surface area contributed by atoms with E-state index >= 15 is 0 Å². The van der Waals surface area contributed by atoms with Gasteiger partial charge in [0.15, 0.2) is 0 Å². The van der Waals surface area contributed by atoms with Crippen LogP contribution < -0.4 is 10.6 Å². The molecule has 4 unspecified atom stereocenters. The Kier molecular flexibility index (Phi) is 7.22. The average Bonchev–Trinajstić information content (AvgIpc) is 3.51. The highest BCUT2D eigenvalue weighted by Gasteiger charge is 2.49. The van der Waals surface area contributed by atoms with Crippen LogP contribution in [-0.4, -0.2) is 46.2 Å². The number of rotatable bonds is 8. The number of H-pyrrole nitrogens is 1. The second-order valence-corrected chi connectivity index (χ2v) is 11.5. The van der Waals surface area contributed by atoms with Crippen LogP contribution in [0.3, 0.4) is 0 Å². The van der Waals surface area contributed by atoms with Crippen LogP contribution in [0.1, 0.15) is 85.6 Å². The third-order valence-electron chi connectivity index (χ3n) is 9.08. The first-order valence-electron chi connectivity index (χ1n) is 14.7. The molecule has 3 aliphatic rings. The number of fused-ring (bicyclic) bond motifs is 7. The summed E-state index contributed by atoms with van der Waals surface area (Å²) in [6.07, 6.45) is 8.96. The highest BCUT2D eigenvalue weighted by Crippen LogP contribution is 2.46. The van der Waals surface area contributed by atoms with Gasteiger partial charge in [-0.15, -0.1) is 0 Å². The number of hydrogen-bond donors (Lipinski definition) is 3. The molecule has 0 saturated carbocycles. The number of nitrogens with zero attached hydrogens (tertiary/aromatic N) is 1. The van der Waals surface area contributed by atoms with E-state index in [0.717, 1.165) is 53.4 Å². The van der Waals surface area contributed by atoms with Crippen molar-refractivity contribution in [1.29, 1.82) is 0 Å². The summed E-state index contributed by atoms with van der Waals surface area (Å²) in [6.45, 7) is 4.59. The fraction of sp³-hybridized carbons (Fsp3) is 0.424. The number of carbonyl (C=O) groups is 3. The zero-order chi connectivity index (χ0) is 27.8. The molecule has 40 heavy (non-hydrogen) atoms. The van der Waals surface area contributed by atoms with Crippen LogP contribution in [0, 0.1) is 5.92 Å². The van der Waals surface area contributed by atoms with E-state index in [1.807, 2.05) is 56.3 Å². The minimum absolute atomic E-state index is 0.0487. The van der Waals surface area contributed by atoms with Crippen LogP contribution in [0.25, 0.3) is 10.9 Å². The first kappa shape index (κ1) is 26.4. The molecule has 3 heterocycles. The molecule has 2 aliphatic heterocycles. The van der Waals surface area contributed by atoms with Crippen molar-refractivity contribution in [3.05, 3.63) is 82.6 Å². The number of allylic oxidation sites excluding steroid dienone is 1. The van der Waals surface area contributed by atoms with Gasteiger partial charge < -0.3 is 20.5 Å². The maximum Gasteiger partial charge on any atom is 0.255 e. The lowest BCUT2D eigenvalue weighted by atomic mass is 9.89. The largest absolute Gasteiger partial charge is 0.356 e. The molecule has 208 valence electrons. The summed E-state index contributed by atoms with van der Waals surface area (Å²) in [5, 5.41) is 7.23. The topological polar surface area (TPSA) is 94.3 Å². The van der Waals surface area contributed by atoms with E-state index in [9.17, 15) is 14.4 Å². The van der Waals surface area contributed by atoms with Gasteiger partial charge in [-0.05, 0) is 61.3 Å². The van der Waals surface area contributed by atoms with Gasteiger partial charge in [0.05, 0.1) is 6.04 Å². The van der Waals surface area contributed by atoms with Crippen molar-refractivity contribution in [2.24, 2.45) is 5.92 Å². The van der Waals surface area contributed by atoms with Crippen LogP contribution >= 0.6 is 0 Å². The van der Waals surface area contributed by atoms with E-state index in [4.69, 9.17) is 0 Å². The van der Waals surface area contributed by atoms with Gasteiger partial charge in [-0.1, -0.05) is 68.3 Å². The van der Waals surface area contributed by atoms with Gasteiger partial charge in [-0.3, -0.25) is 14.4 Å². The molecule has 3 aromatic rings. The Labute approximate surface area is 235 Å². The van der Waals surface area contributed by atoms with E-state index in [1.54, 1.807) is 4.90 Å². The fourth-order valence-electron chi connectivity index (χ4n) is 6.68. The molecule has 0 saturated heterocycles. The number of amides is 3. The van der Waals surface area contributed by atoms with Crippen LogP contribution in [0.5, 0.6) is 0 Å². The minimum Gasteiger partial charge on any atom is -0.356 e. The molecule has 3 amide bonds. The summed E-state index contributed by atoms with van der Waals surface area (Å²) >= 11 is 0. The lowest BCUT2D eigenvalue weighted by Crippen LogP contribution is -2.58. The van der Waals surface area contributed by atoms with Crippen LogP contribution in [0.2, 0.25) is 0 Å². The highest BCUT2D eigenvalue weighted by atomic mass is 16.2. The SMILES string of the molecule is CCC(C)C(NC(=O)C1Cc2c([nH]c3ccccc23)C2c3ccccc3C(=O)N12)C(=O)NCCC1=CCCCC1. The summed E-state index contributed by atoms with van der Waals surface area (Å²) in [7, 11) is 0. The van der Waals surface area contributed by atoms with Crippen molar-refractivity contribution in [2.75, 3.05) is 6.54 Å². The summed E-state index contributed by atoms with van der Waals surface area (Å²) in [4.78, 5) is 46.4. The number of carbonyl (C=O) groups excluding carboxylic acids is 3. The second kappa shape index (κ2) is 11.0. The van der Waals surface area contributed by atoms with Gasteiger partial charge in [0.2, 0.25) is 11.8 Å². The van der Waals surface area contributed by atoms with Gasteiger partial charge in [0, 0.05) is 35.1 Å². The third-order valence-corrected chi connectivity index (χ3v) is 9.08. The Balaban J connectivity index is 1.27. The van der Waals surface area contributed by atoms with Crippen molar-refractivity contribution in [3.8, 4) is 0 Å². The summed E-state index contributed by atoms with van der Waals surface area (Å²) in [6, 6.07) is 13.9. The lowest BCUT2D eigenvalue weighted by Gasteiger charge is -2.38. The third kappa shape index (κ3) is 4.61. The number of nitrogens with one attached hydrogen (secondary N) is 3. The molecule has 0 fully saturated rings. The van der Waals surface area contributed by atoms with E-state index in [-0.39, 0.29) is 29.7 Å². The van der Waals surface area contributed by atoms with E-state index in [1.165, 1.54) is 18.4 Å². The molecule has 4 atom stereocenters. The summed E-state index contributed by atoms with van der Waals surface area (Å²) in [5.41, 5.74) is 5.97. The molecule has 0 radical (unpaired) electrons. The van der Waals surface area contributed by atoms with Gasteiger partial charge in [0.1, 0.15) is 12.1 Å². The van der Waals surface area contributed by atoms with Crippen LogP contribution in [0.4, 0.5) is 0 Å². The summed E-state index contributed by atoms with van der Waals surface area (Å²) in [5.74, 6) is -0.629. The zero-order valence-electron chi connectivity index (χ0n) is 23.3. The van der Waals surface area contributed by atoms with Crippen LogP contribution in [0.15, 0.2) is 60.2 Å². The fourth-order valence-corrected chi connectivity index (χ4v) is 6.68. The molecule has 6 rings (SSSR count). The molecule has 2 aromatic carbocycles. The van der Waals surface area contributed by atoms with Gasteiger partial charge in [-0.25, -0.2) is 0 Å². The monoisotopic (exact) mass is 538 g/mol. The molecule has 0 bridgehead atoms. The molecule has 1 aromatic heterocycles. The van der Waals surface area contributed by atoms with Gasteiger partial charge >= 0.3 is 0 Å². The van der Waals surface area contributed by atoms with E-state index < -0.39 is 12.1 Å². The Morgan fingerprint density at radius 3 is 2.70 bits per heavy atom. The van der Waals surface area contributed by atoms with Crippen molar-refractivity contribution >= 4 is 28.6 Å². The highest BCUT2D eigenvalue weighted by molar-refractivity contribution is 6.04. The van der Waals surface area contributed by atoms with Crippen LogP contribution in [-0.2, 0) is 16.0 Å². The average molecular weight is 539 g/mol. The Hall–Kier alpha value is -3.87. The second-order valence-electron chi connectivity index (χ2n) is 11.5. The molecule has 3 N–H and O–H groups in total. The predicted octanol–water partition coefficient (Wildman–Crippen LogP) is 5.18. The lowest BCUT2D eigenvalue weighted by molar-refractivity contribution is -0.133. The molecular formula is C33H38N4O3. The smallest absolute Gasteiger partial charge is 0.255 e. The number of benzene rings is 2. The Morgan fingerprint density at radius 2 is 1.90 bits per heavy atom. The standard InChI is InChI=1S/C33H38N4O3/c1-3-20(2)28(32(39)34-18-17-21-11-5-4-6-12-21)36-31(38)27-19-25-22-13-9-10-16-26(22)35-29(25)30-23-14-7-8-15-24(23)33(40)37(27)30/h7-11,13-16,20,27-28,30,35H,3-6,12,17-19H2,1-2H3,(H,34,39)(H,36,38). The number of hydrogen-bond acceptors (Lipinski definition) is 3. The first-order valence-corrected chi connectivity index (χ1v) is 14.7. The molecule has 7 heteroatoms. The van der Waals surface area contributed by atoms with Crippen molar-refractivity contribution in [1.82, 2.24) is 20.5 Å². The predicted molar refractivity (Wildman–Crippen MR) is 156 cm³/mol. The zero-order valence-corrected chi connectivity index (χ0v) is 23.3. The summed E-state index contributed by atoms with van der Waals surface area (Å²) < 4.78 is 0. The van der Waals surface area contributed by atoms with Gasteiger partial charge in [0.25, 0.3) is 5.91 Å². The minimum atomic E-state index is -0.719. The first-order chi connectivity index (χ1) is 19.5. The van der Waals surface area contributed by atoms with Crippen molar-refractivity contribution in [2.45, 2.75) is 76.9 Å².